The van der Waals surface area contributed by atoms with Gasteiger partial charge in [0.1, 0.15) is 12.4 Å². The van der Waals surface area contributed by atoms with Crippen molar-refractivity contribution < 1.29 is 9.84 Å². The van der Waals surface area contributed by atoms with Crippen LogP contribution in [0.4, 0.5) is 17.6 Å². The number of aromatic nitrogens is 4. The maximum atomic E-state index is 11.1. The van der Waals surface area contributed by atoms with Crippen LogP contribution in [0.25, 0.3) is 0 Å². The van der Waals surface area contributed by atoms with Gasteiger partial charge in [0.2, 0.25) is 11.8 Å². The fraction of sp³-hybridized carbons (Fsp3) is 0.708. The Morgan fingerprint density at radius 2 is 2.03 bits per heavy atom. The second-order valence-corrected chi connectivity index (χ2v) is 10.6. The van der Waals surface area contributed by atoms with Crippen LogP contribution in [0.1, 0.15) is 50.6 Å². The van der Waals surface area contributed by atoms with Crippen LogP contribution in [0, 0.1) is 24.7 Å². The zero-order chi connectivity index (χ0) is 22.4. The number of ether oxygens (including phenoxy) is 1. The van der Waals surface area contributed by atoms with Crippen molar-refractivity contribution in [2.75, 3.05) is 36.9 Å². The third-order valence-electron chi connectivity index (χ3n) is 8.18. The summed E-state index contributed by atoms with van der Waals surface area (Å²) in [5, 5.41) is 25.2. The third-order valence-corrected chi connectivity index (χ3v) is 8.18. The second-order valence-electron chi connectivity index (χ2n) is 10.6. The molecule has 7 rings (SSSR count). The summed E-state index contributed by atoms with van der Waals surface area (Å²) in [6.45, 7) is 5.79. The fourth-order valence-electron chi connectivity index (χ4n) is 6.85. The van der Waals surface area contributed by atoms with E-state index < -0.39 is 5.60 Å². The molecule has 178 valence electrons. The lowest BCUT2D eigenvalue weighted by atomic mass is 9.79. The van der Waals surface area contributed by atoms with Crippen molar-refractivity contribution in [2.45, 2.75) is 63.5 Å². The summed E-state index contributed by atoms with van der Waals surface area (Å²) >= 11 is 0. The number of piperidine rings is 1. The van der Waals surface area contributed by atoms with E-state index in [2.05, 4.69) is 25.7 Å². The van der Waals surface area contributed by atoms with Crippen molar-refractivity contribution in [2.24, 2.45) is 17.8 Å². The Hall–Kier alpha value is -2.39. The van der Waals surface area contributed by atoms with Gasteiger partial charge in [-0.3, -0.25) is 10.00 Å². The van der Waals surface area contributed by atoms with Crippen molar-refractivity contribution in [3.8, 4) is 5.88 Å². The van der Waals surface area contributed by atoms with E-state index in [1.54, 1.807) is 0 Å². The summed E-state index contributed by atoms with van der Waals surface area (Å²) in [6.07, 6.45) is 8.03. The second kappa shape index (κ2) is 8.43. The van der Waals surface area contributed by atoms with E-state index >= 15 is 0 Å². The highest BCUT2D eigenvalue weighted by atomic mass is 16.5. The summed E-state index contributed by atoms with van der Waals surface area (Å²) in [4.78, 5) is 11.9. The number of hydrogen-bond acceptors (Lipinski definition) is 8. The highest BCUT2D eigenvalue weighted by molar-refractivity contribution is 5.55. The topological polar surface area (TPSA) is 111 Å². The molecule has 4 N–H and O–H groups in total. The highest BCUT2D eigenvalue weighted by Gasteiger charge is 2.62. The largest absolute Gasteiger partial charge is 0.476 e. The van der Waals surface area contributed by atoms with Crippen molar-refractivity contribution in [1.82, 2.24) is 25.1 Å². The van der Waals surface area contributed by atoms with Crippen molar-refractivity contribution >= 4 is 17.6 Å². The number of H-pyrrole nitrogens is 1. The summed E-state index contributed by atoms with van der Waals surface area (Å²) in [5.74, 6) is 3.95. The van der Waals surface area contributed by atoms with Gasteiger partial charge in [0.05, 0.1) is 5.60 Å². The molecule has 5 aliphatic rings. The summed E-state index contributed by atoms with van der Waals surface area (Å²) < 4.78 is 6.09. The Labute approximate surface area is 194 Å². The minimum Gasteiger partial charge on any atom is -0.476 e. The zero-order valence-corrected chi connectivity index (χ0v) is 19.4. The number of likely N-dealkylation sites (tertiary alicyclic amines) is 1. The summed E-state index contributed by atoms with van der Waals surface area (Å²) in [5.41, 5.74) is 0.482. The normalized spacial score (nSPS) is 32.9. The standard InChI is InChI=1S/C24H35N7O2/c1-15-9-20(30-29-15)25-19-12-21(33-8-7-31-5-3-2-4-6-31)27-23(26-19)28-22-17-10-16-11-18(22)24(32,13-16)14-17/h9,12,16-18,22,32H,2-8,10-11,13-14H2,1H3,(H3,25,26,27,28,29,30). The van der Waals surface area contributed by atoms with E-state index in [1.807, 2.05) is 19.1 Å². The van der Waals surface area contributed by atoms with Gasteiger partial charge in [0.15, 0.2) is 5.82 Å². The monoisotopic (exact) mass is 453 g/mol. The SMILES string of the molecule is Cc1cc(Nc2cc(OCCN3CCCCC3)nc(NC3C4CC5CC3C(O)(C5)C4)n2)n[nH]1. The average Bonchev–Trinajstić information content (AvgIpc) is 3.36. The van der Waals surface area contributed by atoms with E-state index in [-0.39, 0.29) is 6.04 Å². The van der Waals surface area contributed by atoms with Gasteiger partial charge in [-0.05, 0) is 70.4 Å². The molecule has 0 aromatic carbocycles. The first kappa shape index (κ1) is 21.2. The maximum Gasteiger partial charge on any atom is 0.228 e. The molecular formula is C24H35N7O2. The number of aryl methyl sites for hydroxylation is 1. The maximum absolute atomic E-state index is 11.1. The van der Waals surface area contributed by atoms with Crippen LogP contribution in [0.15, 0.2) is 12.1 Å². The third kappa shape index (κ3) is 4.28. The highest BCUT2D eigenvalue weighted by Crippen LogP contribution is 2.60. The fourth-order valence-corrected chi connectivity index (χ4v) is 6.85. The van der Waals surface area contributed by atoms with Crippen LogP contribution < -0.4 is 15.4 Å². The van der Waals surface area contributed by atoms with Crippen molar-refractivity contribution in [3.63, 3.8) is 0 Å². The molecule has 0 radical (unpaired) electrons. The molecule has 3 heterocycles. The summed E-state index contributed by atoms with van der Waals surface area (Å²) in [7, 11) is 0. The Bertz CT molecular complexity index is 991. The Morgan fingerprint density at radius 1 is 1.15 bits per heavy atom. The lowest BCUT2D eigenvalue weighted by molar-refractivity contribution is 0.00988. The summed E-state index contributed by atoms with van der Waals surface area (Å²) in [6, 6.07) is 4.00. The van der Waals surface area contributed by atoms with Crippen LogP contribution in [0.5, 0.6) is 5.88 Å². The minimum atomic E-state index is -0.499. The molecule has 4 aliphatic carbocycles. The first-order chi connectivity index (χ1) is 16.0. The van der Waals surface area contributed by atoms with Crippen LogP contribution in [-0.2, 0) is 0 Å². The smallest absolute Gasteiger partial charge is 0.228 e. The van der Waals surface area contributed by atoms with E-state index in [9.17, 15) is 5.11 Å². The van der Waals surface area contributed by atoms with Gasteiger partial charge in [0.25, 0.3) is 0 Å². The molecule has 4 bridgehead atoms. The first-order valence-corrected chi connectivity index (χ1v) is 12.6. The molecule has 0 amide bonds. The average molecular weight is 454 g/mol. The number of aromatic amines is 1. The predicted molar refractivity (Wildman–Crippen MR) is 126 cm³/mol. The van der Waals surface area contributed by atoms with Gasteiger partial charge in [-0.25, -0.2) is 0 Å². The predicted octanol–water partition coefficient (Wildman–Crippen LogP) is 3.08. The molecule has 5 fully saturated rings. The van der Waals surface area contributed by atoms with Crippen LogP contribution in [0.2, 0.25) is 0 Å². The van der Waals surface area contributed by atoms with E-state index in [0.29, 0.717) is 47.8 Å². The van der Waals surface area contributed by atoms with E-state index in [1.165, 1.54) is 25.7 Å². The first-order valence-electron chi connectivity index (χ1n) is 12.6. The van der Waals surface area contributed by atoms with Gasteiger partial charge in [-0.2, -0.15) is 15.1 Å². The van der Waals surface area contributed by atoms with Crippen LogP contribution >= 0.6 is 0 Å². The lowest BCUT2D eigenvalue weighted by Gasteiger charge is -2.32. The van der Waals surface area contributed by atoms with Crippen molar-refractivity contribution in [3.05, 3.63) is 17.8 Å². The van der Waals surface area contributed by atoms with Crippen molar-refractivity contribution in [1.29, 1.82) is 0 Å². The number of nitrogens with one attached hydrogen (secondary N) is 3. The van der Waals surface area contributed by atoms with Gasteiger partial charge in [0, 0.05) is 36.3 Å². The minimum absolute atomic E-state index is 0.220. The molecule has 0 spiro atoms. The quantitative estimate of drug-likeness (QED) is 0.483. The molecular weight excluding hydrogens is 418 g/mol. The number of nitrogens with zero attached hydrogens (tertiary/aromatic N) is 4. The molecule has 1 saturated heterocycles. The zero-order valence-electron chi connectivity index (χ0n) is 19.4. The number of anilines is 3. The van der Waals surface area contributed by atoms with Gasteiger partial charge in [-0.15, -0.1) is 0 Å². The van der Waals surface area contributed by atoms with E-state index in [0.717, 1.165) is 44.6 Å². The van der Waals surface area contributed by atoms with Gasteiger partial charge in [-0.1, -0.05) is 6.42 Å². The molecule has 5 unspecified atom stereocenters. The van der Waals surface area contributed by atoms with Crippen LogP contribution in [0.3, 0.4) is 0 Å². The molecule has 1 aliphatic heterocycles. The number of aliphatic hydroxyl groups is 1. The molecule has 9 heteroatoms. The van der Waals surface area contributed by atoms with E-state index in [4.69, 9.17) is 14.7 Å². The Morgan fingerprint density at radius 3 is 2.82 bits per heavy atom. The molecule has 2 aromatic rings. The Balaban J connectivity index is 1.19. The Kier molecular flexibility index (Phi) is 5.41. The van der Waals surface area contributed by atoms with Crippen LogP contribution in [-0.4, -0.2) is 68.1 Å². The molecule has 5 atom stereocenters. The lowest BCUT2D eigenvalue weighted by Crippen LogP contribution is -2.37. The molecule has 4 saturated carbocycles. The van der Waals surface area contributed by atoms with Gasteiger partial charge >= 0.3 is 0 Å². The number of hydrogen-bond donors (Lipinski definition) is 4. The van der Waals surface area contributed by atoms with Gasteiger partial charge < -0.3 is 20.5 Å². The molecule has 2 aromatic heterocycles. The molecule has 9 nitrogen and oxygen atoms in total. The number of rotatable bonds is 8. The molecule has 33 heavy (non-hydrogen) atoms.